The molecule has 1 saturated heterocycles. The third-order valence-electron chi connectivity index (χ3n) is 4.65. The Morgan fingerprint density at radius 1 is 1.06 bits per heavy atom. The van der Waals surface area contributed by atoms with E-state index in [1.807, 2.05) is 0 Å². The van der Waals surface area contributed by atoms with Gasteiger partial charge in [0, 0.05) is 21.9 Å². The Balaban J connectivity index is 1.57. The first-order chi connectivity index (χ1) is 15.2. The summed E-state index contributed by atoms with van der Waals surface area (Å²) < 4.78 is 5.13. The van der Waals surface area contributed by atoms with Gasteiger partial charge >= 0.3 is 12.0 Å². The van der Waals surface area contributed by atoms with Crippen molar-refractivity contribution >= 4 is 47.0 Å². The van der Waals surface area contributed by atoms with Crippen molar-refractivity contribution in [1.82, 2.24) is 10.6 Å². The number of hydrogen-bond donors (Lipinski definition) is 3. The third-order valence-corrected chi connectivity index (χ3v) is 6.04. The molecule has 0 bridgehead atoms. The Morgan fingerprint density at radius 3 is 2.38 bits per heavy atom. The molecule has 2 aromatic carbocycles. The number of benzene rings is 2. The minimum Gasteiger partial charge on any atom is -0.452 e. The zero-order valence-electron chi connectivity index (χ0n) is 17.4. The van der Waals surface area contributed by atoms with Crippen LogP contribution in [0.5, 0.6) is 0 Å². The van der Waals surface area contributed by atoms with Crippen LogP contribution in [-0.4, -0.2) is 47.5 Å². The second-order valence-electron chi connectivity index (χ2n) is 7.28. The number of hydrogen-bond acceptors (Lipinski definition) is 7. The number of rotatable bonds is 8. The van der Waals surface area contributed by atoms with Crippen molar-refractivity contribution in [3.05, 3.63) is 59.7 Å². The number of imide groups is 1. The lowest BCUT2D eigenvalue weighted by molar-refractivity contribution is -0.122. The minimum atomic E-state index is -1.10. The van der Waals surface area contributed by atoms with Crippen LogP contribution in [0.1, 0.15) is 34.6 Å². The van der Waals surface area contributed by atoms with E-state index in [2.05, 4.69) is 16.0 Å². The molecule has 1 unspecified atom stereocenters. The van der Waals surface area contributed by atoms with Crippen LogP contribution >= 0.6 is 11.8 Å². The number of amides is 4. The lowest BCUT2D eigenvalue weighted by Crippen LogP contribution is -2.46. The molecule has 0 aliphatic carbocycles. The van der Waals surface area contributed by atoms with Crippen LogP contribution in [0.25, 0.3) is 0 Å². The van der Waals surface area contributed by atoms with E-state index >= 15 is 0 Å². The average molecular weight is 455 g/mol. The summed E-state index contributed by atoms with van der Waals surface area (Å²) >= 11 is 1.21. The molecular weight excluding hydrogens is 434 g/mol. The number of urea groups is 1. The number of ketones is 1. The minimum absolute atomic E-state index is 0.0849. The van der Waals surface area contributed by atoms with Gasteiger partial charge in [-0.25, -0.2) is 9.59 Å². The van der Waals surface area contributed by atoms with Gasteiger partial charge in [0.25, 0.3) is 11.8 Å². The highest BCUT2D eigenvalue weighted by Crippen LogP contribution is 2.28. The second kappa shape index (κ2) is 9.65. The number of carbonyl (C=O) groups excluding carboxylic acids is 5. The molecule has 4 amide bonds. The van der Waals surface area contributed by atoms with Gasteiger partial charge in [-0.3, -0.25) is 19.7 Å². The Hall–Kier alpha value is -3.66. The molecule has 9 nitrogen and oxygen atoms in total. The monoisotopic (exact) mass is 455 g/mol. The van der Waals surface area contributed by atoms with E-state index in [4.69, 9.17) is 4.74 Å². The van der Waals surface area contributed by atoms with E-state index in [0.717, 1.165) is 0 Å². The van der Waals surface area contributed by atoms with Gasteiger partial charge in [-0.15, -0.1) is 11.8 Å². The molecule has 32 heavy (non-hydrogen) atoms. The van der Waals surface area contributed by atoms with Crippen LogP contribution in [0.15, 0.2) is 53.4 Å². The lowest BCUT2D eigenvalue weighted by Gasteiger charge is -2.20. The van der Waals surface area contributed by atoms with Crippen molar-refractivity contribution in [3.8, 4) is 0 Å². The fourth-order valence-electron chi connectivity index (χ4n) is 2.86. The van der Waals surface area contributed by atoms with E-state index in [-0.39, 0.29) is 17.1 Å². The van der Waals surface area contributed by atoms with Crippen LogP contribution in [0.2, 0.25) is 0 Å². The topological polar surface area (TPSA) is 131 Å². The maximum absolute atomic E-state index is 12.5. The number of anilines is 1. The number of thioether (sulfide) groups is 1. The Labute approximate surface area is 188 Å². The summed E-state index contributed by atoms with van der Waals surface area (Å²) in [5, 5.41) is 7.34. The average Bonchev–Trinajstić information content (AvgIpc) is 3.02. The summed E-state index contributed by atoms with van der Waals surface area (Å²) in [6, 6.07) is 12.4. The van der Waals surface area contributed by atoms with Crippen LogP contribution in [-0.2, 0) is 14.3 Å². The number of esters is 1. The second-order valence-corrected chi connectivity index (χ2v) is 8.30. The van der Waals surface area contributed by atoms with E-state index in [9.17, 15) is 24.0 Å². The van der Waals surface area contributed by atoms with Crippen molar-refractivity contribution in [2.24, 2.45) is 0 Å². The Bertz CT molecular complexity index is 1090. The zero-order chi connectivity index (χ0) is 23.3. The molecule has 3 N–H and O–H groups in total. The molecule has 166 valence electrons. The highest BCUT2D eigenvalue weighted by Gasteiger charge is 2.42. The third kappa shape index (κ3) is 5.52. The number of nitrogens with one attached hydrogen (secondary N) is 3. The molecule has 3 rings (SSSR count). The summed E-state index contributed by atoms with van der Waals surface area (Å²) in [7, 11) is 0. The van der Waals surface area contributed by atoms with Crippen molar-refractivity contribution in [3.63, 3.8) is 0 Å². The van der Waals surface area contributed by atoms with Crippen molar-refractivity contribution in [1.29, 1.82) is 0 Å². The maximum Gasteiger partial charge on any atom is 0.339 e. The lowest BCUT2D eigenvalue weighted by atomic mass is 10.1. The normalized spacial score (nSPS) is 17.3. The molecule has 0 saturated carbocycles. The largest absolute Gasteiger partial charge is 0.452 e. The first-order valence-corrected chi connectivity index (χ1v) is 10.6. The molecule has 0 aromatic heterocycles. The Morgan fingerprint density at radius 2 is 1.75 bits per heavy atom. The van der Waals surface area contributed by atoms with Gasteiger partial charge in [0.1, 0.15) is 5.54 Å². The maximum atomic E-state index is 12.5. The molecule has 1 fully saturated rings. The first kappa shape index (κ1) is 23.0. The van der Waals surface area contributed by atoms with Gasteiger partial charge in [-0.1, -0.05) is 12.1 Å². The Kier molecular flexibility index (Phi) is 6.94. The number of carbonyl (C=O) groups is 5. The first-order valence-electron chi connectivity index (χ1n) is 9.61. The smallest absolute Gasteiger partial charge is 0.339 e. The highest BCUT2D eigenvalue weighted by atomic mass is 32.2. The van der Waals surface area contributed by atoms with Crippen LogP contribution < -0.4 is 16.0 Å². The van der Waals surface area contributed by atoms with Crippen molar-refractivity contribution in [2.45, 2.75) is 24.3 Å². The highest BCUT2D eigenvalue weighted by molar-refractivity contribution is 7.99. The zero-order valence-corrected chi connectivity index (χ0v) is 18.2. The molecule has 1 aliphatic rings. The van der Waals surface area contributed by atoms with E-state index in [1.165, 1.54) is 18.7 Å². The standard InChI is InChI=1S/C22H21N3O6S/c1-13(26)14-7-9-15(10-8-14)23-18(27)11-31-19(28)16-5-3-4-6-17(16)32-12-22(2)20(29)24-21(30)25-22/h3-10H,11-12H2,1-2H3,(H,23,27)(H2,24,25,29,30). The summed E-state index contributed by atoms with van der Waals surface area (Å²) in [6.07, 6.45) is 0. The van der Waals surface area contributed by atoms with Crippen molar-refractivity contribution < 1.29 is 28.7 Å². The molecule has 1 atom stereocenters. The van der Waals surface area contributed by atoms with Gasteiger partial charge in [0.15, 0.2) is 12.4 Å². The SMILES string of the molecule is CC(=O)c1ccc(NC(=O)COC(=O)c2ccccc2SCC2(C)NC(=O)NC2=O)cc1. The number of Topliss-reactive ketones (excluding diaryl/α,β-unsaturated/α-hetero) is 1. The summed E-state index contributed by atoms with van der Waals surface area (Å²) in [6.45, 7) is 2.54. The van der Waals surface area contributed by atoms with E-state index < -0.39 is 36.0 Å². The fraction of sp³-hybridized carbons (Fsp3) is 0.227. The van der Waals surface area contributed by atoms with Gasteiger partial charge in [0.05, 0.1) is 5.56 Å². The molecular formula is C22H21N3O6S. The van der Waals surface area contributed by atoms with Crippen LogP contribution in [0.4, 0.5) is 10.5 Å². The van der Waals surface area contributed by atoms with Gasteiger partial charge in [-0.05, 0) is 50.2 Å². The van der Waals surface area contributed by atoms with E-state index in [0.29, 0.717) is 16.1 Å². The van der Waals surface area contributed by atoms with Crippen molar-refractivity contribution in [2.75, 3.05) is 17.7 Å². The number of ether oxygens (including phenoxy) is 1. The van der Waals surface area contributed by atoms with E-state index in [1.54, 1.807) is 55.5 Å². The molecule has 10 heteroatoms. The predicted molar refractivity (Wildman–Crippen MR) is 118 cm³/mol. The molecule has 0 spiro atoms. The van der Waals surface area contributed by atoms with Crippen LogP contribution in [0, 0.1) is 0 Å². The fourth-order valence-corrected chi connectivity index (χ4v) is 3.99. The summed E-state index contributed by atoms with van der Waals surface area (Å²) in [4.78, 5) is 59.9. The molecule has 1 heterocycles. The van der Waals surface area contributed by atoms with Gasteiger partial charge < -0.3 is 15.4 Å². The molecule has 1 aliphatic heterocycles. The van der Waals surface area contributed by atoms with Crippen LogP contribution in [0.3, 0.4) is 0 Å². The molecule has 2 aromatic rings. The quantitative estimate of drug-likeness (QED) is 0.241. The van der Waals surface area contributed by atoms with Gasteiger partial charge in [-0.2, -0.15) is 0 Å². The summed E-state index contributed by atoms with van der Waals surface area (Å²) in [5.41, 5.74) is 0.130. The predicted octanol–water partition coefficient (Wildman–Crippen LogP) is 2.37. The molecule has 0 radical (unpaired) electrons. The van der Waals surface area contributed by atoms with Gasteiger partial charge in [0.2, 0.25) is 0 Å². The summed E-state index contributed by atoms with van der Waals surface area (Å²) in [5.74, 6) is -1.55.